The normalized spacial score (nSPS) is 10.6. The van der Waals surface area contributed by atoms with Crippen LogP contribution in [-0.4, -0.2) is 20.4 Å². The second-order valence-corrected chi connectivity index (χ2v) is 4.72. The fourth-order valence-electron chi connectivity index (χ4n) is 1.85. The van der Waals surface area contributed by atoms with E-state index in [2.05, 4.69) is 4.98 Å². The highest BCUT2D eigenvalue weighted by Crippen LogP contribution is 2.27. The summed E-state index contributed by atoms with van der Waals surface area (Å²) in [7, 11) is 2.87. The van der Waals surface area contributed by atoms with Gasteiger partial charge in [-0.3, -0.25) is 13.9 Å². The summed E-state index contributed by atoms with van der Waals surface area (Å²) in [5.41, 5.74) is 5.27. The number of anilines is 1. The van der Waals surface area contributed by atoms with Gasteiger partial charge in [-0.2, -0.15) is 5.26 Å². The van der Waals surface area contributed by atoms with Crippen molar-refractivity contribution in [3.8, 4) is 6.07 Å². The van der Waals surface area contributed by atoms with Crippen LogP contribution >= 0.6 is 11.8 Å². The van der Waals surface area contributed by atoms with Crippen molar-refractivity contribution in [1.82, 2.24) is 14.1 Å². The number of rotatable bonds is 1. The van der Waals surface area contributed by atoms with E-state index in [4.69, 9.17) is 11.0 Å². The molecule has 98 valence electrons. The molecule has 2 rings (SSSR count). The first-order valence-electron chi connectivity index (χ1n) is 5.27. The number of nitriles is 1. The van der Waals surface area contributed by atoms with Crippen LogP contribution in [0.1, 0.15) is 5.56 Å². The van der Waals surface area contributed by atoms with Gasteiger partial charge in [0.05, 0.1) is 5.69 Å². The van der Waals surface area contributed by atoms with E-state index in [1.807, 2.05) is 6.07 Å². The Morgan fingerprint density at radius 2 is 1.95 bits per heavy atom. The number of fused-ring (bicyclic) bond motifs is 1. The Kier molecular flexibility index (Phi) is 3.08. The predicted molar refractivity (Wildman–Crippen MR) is 73.1 cm³/mol. The summed E-state index contributed by atoms with van der Waals surface area (Å²) in [6.07, 6.45) is 1.74. The molecule has 0 amide bonds. The fraction of sp³-hybridized carbons (Fsp3) is 0.273. The van der Waals surface area contributed by atoms with Crippen LogP contribution in [0.5, 0.6) is 0 Å². The number of aromatic nitrogens is 3. The van der Waals surface area contributed by atoms with E-state index in [0.29, 0.717) is 5.03 Å². The molecule has 0 unspecified atom stereocenters. The average molecular weight is 277 g/mol. The fourth-order valence-corrected chi connectivity index (χ4v) is 2.39. The molecule has 0 bridgehead atoms. The largest absolute Gasteiger partial charge is 0.397 e. The van der Waals surface area contributed by atoms with Crippen LogP contribution < -0.4 is 17.0 Å². The zero-order chi connectivity index (χ0) is 14.3. The van der Waals surface area contributed by atoms with Crippen LogP contribution in [0.25, 0.3) is 11.0 Å². The van der Waals surface area contributed by atoms with Gasteiger partial charge in [-0.1, -0.05) is 0 Å². The lowest BCUT2D eigenvalue weighted by molar-refractivity contribution is 0.705. The number of thioether (sulfide) groups is 1. The minimum atomic E-state index is -0.549. The van der Waals surface area contributed by atoms with Crippen LogP contribution in [-0.2, 0) is 14.1 Å². The highest BCUT2D eigenvalue weighted by atomic mass is 32.2. The topological polar surface area (TPSA) is 107 Å². The molecule has 0 aliphatic rings. The van der Waals surface area contributed by atoms with Crippen molar-refractivity contribution < 1.29 is 0 Å². The first kappa shape index (κ1) is 13.2. The van der Waals surface area contributed by atoms with Gasteiger partial charge in [0.2, 0.25) is 0 Å². The number of nitrogen functional groups attached to an aromatic ring is 1. The molecule has 0 aliphatic heterocycles. The van der Waals surface area contributed by atoms with Gasteiger partial charge in [0.1, 0.15) is 22.0 Å². The summed E-state index contributed by atoms with van der Waals surface area (Å²) >= 11 is 1.24. The lowest BCUT2D eigenvalue weighted by atomic mass is 10.2. The molecule has 7 nitrogen and oxygen atoms in total. The van der Waals surface area contributed by atoms with Gasteiger partial charge in [-0.05, 0) is 6.26 Å². The third-order valence-corrected chi connectivity index (χ3v) is 3.58. The number of pyridine rings is 1. The molecule has 0 aromatic carbocycles. The van der Waals surface area contributed by atoms with Gasteiger partial charge in [-0.25, -0.2) is 9.78 Å². The molecule has 19 heavy (non-hydrogen) atoms. The van der Waals surface area contributed by atoms with Crippen LogP contribution in [0.3, 0.4) is 0 Å². The summed E-state index contributed by atoms with van der Waals surface area (Å²) in [6.45, 7) is 0. The first-order valence-corrected chi connectivity index (χ1v) is 6.49. The Hall–Kier alpha value is -2.27. The Morgan fingerprint density at radius 3 is 2.47 bits per heavy atom. The minimum Gasteiger partial charge on any atom is -0.397 e. The summed E-state index contributed by atoms with van der Waals surface area (Å²) in [5, 5.41) is 9.61. The Bertz CT molecular complexity index is 843. The molecule has 0 radical (unpaired) electrons. The lowest BCUT2D eigenvalue weighted by Gasteiger charge is -2.11. The van der Waals surface area contributed by atoms with E-state index >= 15 is 0 Å². The zero-order valence-electron chi connectivity index (χ0n) is 10.6. The van der Waals surface area contributed by atoms with Gasteiger partial charge in [0.15, 0.2) is 5.65 Å². The molecule has 0 fully saturated rings. The minimum absolute atomic E-state index is 0.0630. The summed E-state index contributed by atoms with van der Waals surface area (Å²) in [6, 6.07) is 1.94. The second-order valence-electron chi connectivity index (χ2n) is 3.93. The molecular formula is C11H11N5O2S. The molecule has 0 spiro atoms. The highest BCUT2D eigenvalue weighted by molar-refractivity contribution is 7.98. The SMILES string of the molecule is CSc1nc2c(c(N)c1C#N)c(=O)n(C)c(=O)n2C. The summed E-state index contributed by atoms with van der Waals surface area (Å²) in [4.78, 5) is 28.1. The maximum Gasteiger partial charge on any atom is 0.332 e. The Balaban J connectivity index is 3.21. The van der Waals surface area contributed by atoms with Crippen LogP contribution in [0.15, 0.2) is 14.6 Å². The van der Waals surface area contributed by atoms with E-state index < -0.39 is 11.2 Å². The van der Waals surface area contributed by atoms with Crippen molar-refractivity contribution in [3.63, 3.8) is 0 Å². The number of hydrogen-bond donors (Lipinski definition) is 1. The van der Waals surface area contributed by atoms with Crippen molar-refractivity contribution in [1.29, 1.82) is 5.26 Å². The molecule has 2 aromatic rings. The molecule has 0 aliphatic carbocycles. The number of hydrogen-bond acceptors (Lipinski definition) is 6. The van der Waals surface area contributed by atoms with Gasteiger partial charge >= 0.3 is 5.69 Å². The Morgan fingerprint density at radius 1 is 1.32 bits per heavy atom. The van der Waals surface area contributed by atoms with E-state index in [1.165, 1.54) is 30.4 Å². The maximum atomic E-state index is 12.1. The van der Waals surface area contributed by atoms with E-state index in [0.717, 1.165) is 4.57 Å². The van der Waals surface area contributed by atoms with Crippen molar-refractivity contribution in [2.45, 2.75) is 5.03 Å². The summed E-state index contributed by atoms with van der Waals surface area (Å²) < 4.78 is 2.19. The lowest BCUT2D eigenvalue weighted by Crippen LogP contribution is -2.37. The third kappa shape index (κ3) is 1.70. The van der Waals surface area contributed by atoms with E-state index in [9.17, 15) is 9.59 Å². The predicted octanol–water partition coefficient (Wildman–Crippen LogP) is -0.192. The standard InChI is InChI=1S/C11H11N5O2S/c1-15-8-6(10(17)16(2)11(15)18)7(13)5(4-12)9(14-8)19-3/h1-3H3,(H2,13,14). The quantitative estimate of drug-likeness (QED) is 0.724. The van der Waals surface area contributed by atoms with Crippen LogP contribution in [0.2, 0.25) is 0 Å². The van der Waals surface area contributed by atoms with Gasteiger partial charge < -0.3 is 5.73 Å². The molecule has 0 saturated heterocycles. The monoisotopic (exact) mass is 277 g/mol. The van der Waals surface area contributed by atoms with Gasteiger partial charge in [0, 0.05) is 14.1 Å². The highest BCUT2D eigenvalue weighted by Gasteiger charge is 2.18. The second kappa shape index (κ2) is 4.44. The van der Waals surface area contributed by atoms with Gasteiger partial charge in [-0.15, -0.1) is 11.8 Å². The van der Waals surface area contributed by atoms with Crippen molar-refractivity contribution in [2.75, 3.05) is 12.0 Å². The van der Waals surface area contributed by atoms with Crippen LogP contribution in [0, 0.1) is 11.3 Å². The van der Waals surface area contributed by atoms with E-state index in [1.54, 1.807) is 6.26 Å². The van der Waals surface area contributed by atoms with Crippen LogP contribution in [0.4, 0.5) is 5.69 Å². The maximum absolute atomic E-state index is 12.1. The first-order chi connectivity index (χ1) is 8.93. The molecule has 2 N–H and O–H groups in total. The number of aryl methyl sites for hydroxylation is 1. The summed E-state index contributed by atoms with van der Waals surface area (Å²) in [5.74, 6) is 0. The number of nitrogens with two attached hydrogens (primary N) is 1. The zero-order valence-corrected chi connectivity index (χ0v) is 11.4. The molecule has 0 atom stereocenters. The van der Waals surface area contributed by atoms with Crippen molar-refractivity contribution >= 4 is 28.5 Å². The van der Waals surface area contributed by atoms with Crippen molar-refractivity contribution in [2.24, 2.45) is 14.1 Å². The van der Waals surface area contributed by atoms with Gasteiger partial charge in [0.25, 0.3) is 5.56 Å². The molecule has 2 heterocycles. The Labute approximate surface area is 112 Å². The number of nitrogens with zero attached hydrogens (tertiary/aromatic N) is 4. The smallest absolute Gasteiger partial charge is 0.332 e. The molecular weight excluding hydrogens is 266 g/mol. The molecule has 2 aromatic heterocycles. The van der Waals surface area contributed by atoms with E-state index in [-0.39, 0.29) is 22.3 Å². The van der Waals surface area contributed by atoms with Crippen molar-refractivity contribution in [3.05, 3.63) is 26.4 Å². The molecule has 0 saturated carbocycles. The molecule has 8 heteroatoms. The third-order valence-electron chi connectivity index (χ3n) is 2.90. The average Bonchev–Trinajstić information content (AvgIpc) is 2.41.